The number of aromatic nitrogens is 5. The number of carboxylic acid groups (broad SMARTS) is 1. The summed E-state index contributed by atoms with van der Waals surface area (Å²) in [6.45, 7) is 1.92. The van der Waals surface area contributed by atoms with E-state index in [2.05, 4.69) is 30.8 Å². The zero-order chi connectivity index (χ0) is 19.7. The fraction of sp³-hybridized carbons (Fsp3) is 0.389. The lowest BCUT2D eigenvalue weighted by Crippen LogP contribution is -2.51. The Morgan fingerprint density at radius 2 is 2.25 bits per heavy atom. The van der Waals surface area contributed by atoms with Gasteiger partial charge in [0.15, 0.2) is 11.5 Å². The molecule has 3 aromatic rings. The fourth-order valence-electron chi connectivity index (χ4n) is 3.76. The maximum absolute atomic E-state index is 11.1. The molecule has 2 atom stereocenters. The number of anilines is 1. The molecule has 4 rings (SSSR count). The first-order valence-electron chi connectivity index (χ1n) is 9.04. The van der Waals surface area contributed by atoms with E-state index in [1.807, 2.05) is 35.7 Å². The van der Waals surface area contributed by atoms with Gasteiger partial charge in [0.25, 0.3) is 0 Å². The molecule has 1 saturated carbocycles. The standard InChI is InChI=1S/C18H20ClN7O2/c1-18(23-17(27)28)7-4-5-11(9-18)21-16-20-10-12(19)14(22-16)15-25-24-13-6-2-3-8-26(13)15/h2-3,6,8,10-11,23H,4-5,7,9H2,1H3,(H,27,28)(H,20,21,22)/t11-,18+/m1/s1. The molecule has 1 aliphatic carbocycles. The number of pyridine rings is 1. The smallest absolute Gasteiger partial charge is 0.405 e. The summed E-state index contributed by atoms with van der Waals surface area (Å²) in [7, 11) is 0. The van der Waals surface area contributed by atoms with Gasteiger partial charge in [-0.05, 0) is 44.7 Å². The van der Waals surface area contributed by atoms with Crippen LogP contribution in [0.15, 0.2) is 30.6 Å². The van der Waals surface area contributed by atoms with Crippen LogP contribution in [0.1, 0.15) is 32.6 Å². The number of amides is 1. The molecule has 0 aromatic carbocycles. The van der Waals surface area contributed by atoms with Gasteiger partial charge in [0, 0.05) is 17.8 Å². The third-order valence-corrected chi connectivity index (χ3v) is 5.27. The zero-order valence-electron chi connectivity index (χ0n) is 15.3. The zero-order valence-corrected chi connectivity index (χ0v) is 16.0. The van der Waals surface area contributed by atoms with E-state index in [9.17, 15) is 4.79 Å². The highest BCUT2D eigenvalue weighted by Crippen LogP contribution is 2.30. The molecule has 0 spiro atoms. The normalized spacial score (nSPS) is 22.1. The largest absolute Gasteiger partial charge is 0.465 e. The summed E-state index contributed by atoms with van der Waals surface area (Å²) in [6, 6.07) is 5.66. The van der Waals surface area contributed by atoms with E-state index in [0.29, 0.717) is 34.6 Å². The number of halogens is 1. The number of carbonyl (C=O) groups is 1. The van der Waals surface area contributed by atoms with E-state index in [-0.39, 0.29) is 6.04 Å². The molecule has 146 valence electrons. The summed E-state index contributed by atoms with van der Waals surface area (Å²) in [4.78, 5) is 19.9. The highest BCUT2D eigenvalue weighted by atomic mass is 35.5. The van der Waals surface area contributed by atoms with Gasteiger partial charge < -0.3 is 15.7 Å². The Bertz CT molecular complexity index is 1020. The molecule has 3 N–H and O–H groups in total. The van der Waals surface area contributed by atoms with Crippen LogP contribution in [0, 0.1) is 0 Å². The number of hydrogen-bond donors (Lipinski definition) is 3. The minimum atomic E-state index is -1.01. The Balaban J connectivity index is 1.58. The number of fused-ring (bicyclic) bond motifs is 1. The maximum Gasteiger partial charge on any atom is 0.405 e. The molecule has 3 aromatic heterocycles. The van der Waals surface area contributed by atoms with Crippen LogP contribution in [0.5, 0.6) is 0 Å². The second-order valence-corrected chi connectivity index (χ2v) is 7.68. The predicted molar refractivity (Wildman–Crippen MR) is 104 cm³/mol. The van der Waals surface area contributed by atoms with Crippen molar-refractivity contribution in [2.24, 2.45) is 0 Å². The minimum Gasteiger partial charge on any atom is -0.465 e. The van der Waals surface area contributed by atoms with Crippen molar-refractivity contribution in [2.45, 2.75) is 44.2 Å². The van der Waals surface area contributed by atoms with Gasteiger partial charge in [-0.1, -0.05) is 17.7 Å². The SMILES string of the molecule is C[C@]1(NC(=O)O)CCC[C@@H](Nc2ncc(Cl)c(-c3nnc4ccccn34)n2)C1. The molecular weight excluding hydrogens is 382 g/mol. The quantitative estimate of drug-likeness (QED) is 0.614. The Morgan fingerprint density at radius 3 is 3.07 bits per heavy atom. The Morgan fingerprint density at radius 1 is 1.39 bits per heavy atom. The lowest BCUT2D eigenvalue weighted by molar-refractivity contribution is 0.166. The van der Waals surface area contributed by atoms with E-state index >= 15 is 0 Å². The van der Waals surface area contributed by atoms with Crippen molar-refractivity contribution in [3.63, 3.8) is 0 Å². The second kappa shape index (κ2) is 7.23. The maximum atomic E-state index is 11.1. The average Bonchev–Trinajstić information content (AvgIpc) is 3.06. The van der Waals surface area contributed by atoms with Crippen LogP contribution in [0.3, 0.4) is 0 Å². The second-order valence-electron chi connectivity index (χ2n) is 7.27. The van der Waals surface area contributed by atoms with E-state index in [1.54, 1.807) is 0 Å². The van der Waals surface area contributed by atoms with Crippen LogP contribution in [-0.4, -0.2) is 47.3 Å². The first kappa shape index (κ1) is 18.4. The summed E-state index contributed by atoms with van der Waals surface area (Å²) in [5.74, 6) is 0.962. The molecule has 1 amide bonds. The molecule has 10 heteroatoms. The van der Waals surface area contributed by atoms with Crippen molar-refractivity contribution in [1.29, 1.82) is 0 Å². The first-order chi connectivity index (χ1) is 13.4. The summed E-state index contributed by atoms with van der Waals surface area (Å²) >= 11 is 6.32. The third-order valence-electron chi connectivity index (χ3n) is 4.99. The van der Waals surface area contributed by atoms with Gasteiger partial charge in [-0.15, -0.1) is 10.2 Å². The molecule has 28 heavy (non-hydrogen) atoms. The number of rotatable bonds is 4. The van der Waals surface area contributed by atoms with Crippen molar-refractivity contribution in [3.05, 3.63) is 35.6 Å². The molecule has 0 saturated heterocycles. The van der Waals surface area contributed by atoms with E-state index in [1.165, 1.54) is 6.20 Å². The molecule has 1 aliphatic rings. The van der Waals surface area contributed by atoms with E-state index < -0.39 is 11.6 Å². The monoisotopic (exact) mass is 401 g/mol. The lowest BCUT2D eigenvalue weighted by atomic mass is 9.80. The van der Waals surface area contributed by atoms with Gasteiger partial charge in [0.1, 0.15) is 5.69 Å². The van der Waals surface area contributed by atoms with Crippen LogP contribution in [0.4, 0.5) is 10.7 Å². The van der Waals surface area contributed by atoms with Gasteiger partial charge in [0.05, 0.1) is 11.2 Å². The van der Waals surface area contributed by atoms with Crippen LogP contribution in [0.25, 0.3) is 17.2 Å². The topological polar surface area (TPSA) is 117 Å². The number of hydrogen-bond acceptors (Lipinski definition) is 6. The third kappa shape index (κ3) is 3.70. The number of nitrogens with zero attached hydrogens (tertiary/aromatic N) is 5. The van der Waals surface area contributed by atoms with Gasteiger partial charge in [0.2, 0.25) is 5.95 Å². The first-order valence-corrected chi connectivity index (χ1v) is 9.42. The molecule has 0 bridgehead atoms. The molecular formula is C18H20ClN7O2. The van der Waals surface area contributed by atoms with E-state index in [0.717, 1.165) is 19.3 Å². The highest BCUT2D eigenvalue weighted by molar-refractivity contribution is 6.32. The average molecular weight is 402 g/mol. The van der Waals surface area contributed by atoms with Gasteiger partial charge in [-0.3, -0.25) is 4.40 Å². The molecule has 1 fully saturated rings. The van der Waals surface area contributed by atoms with Crippen LogP contribution in [0.2, 0.25) is 5.02 Å². The molecule has 3 heterocycles. The van der Waals surface area contributed by atoms with Gasteiger partial charge in [-0.25, -0.2) is 14.8 Å². The summed E-state index contributed by atoms with van der Waals surface area (Å²) < 4.78 is 1.81. The van der Waals surface area contributed by atoms with Gasteiger partial charge >= 0.3 is 6.09 Å². The summed E-state index contributed by atoms with van der Waals surface area (Å²) in [5, 5.41) is 23.7. The minimum absolute atomic E-state index is 0.0507. The van der Waals surface area contributed by atoms with Crippen LogP contribution >= 0.6 is 11.6 Å². The van der Waals surface area contributed by atoms with Crippen LogP contribution < -0.4 is 10.6 Å². The van der Waals surface area contributed by atoms with Crippen molar-refractivity contribution in [3.8, 4) is 11.5 Å². The number of nitrogens with one attached hydrogen (secondary N) is 2. The highest BCUT2D eigenvalue weighted by Gasteiger charge is 2.34. The molecule has 0 unspecified atom stereocenters. The predicted octanol–water partition coefficient (Wildman–Crippen LogP) is 3.22. The van der Waals surface area contributed by atoms with Crippen molar-refractivity contribution in [1.82, 2.24) is 29.9 Å². The lowest BCUT2D eigenvalue weighted by Gasteiger charge is -2.38. The molecule has 9 nitrogen and oxygen atoms in total. The van der Waals surface area contributed by atoms with Crippen molar-refractivity contribution < 1.29 is 9.90 Å². The van der Waals surface area contributed by atoms with Crippen molar-refractivity contribution >= 4 is 29.3 Å². The van der Waals surface area contributed by atoms with Crippen molar-refractivity contribution in [2.75, 3.05) is 5.32 Å². The Kier molecular flexibility index (Phi) is 4.76. The Labute approximate surface area is 166 Å². The molecule has 0 aliphatic heterocycles. The van der Waals surface area contributed by atoms with Gasteiger partial charge in [-0.2, -0.15) is 0 Å². The fourth-order valence-corrected chi connectivity index (χ4v) is 3.94. The summed E-state index contributed by atoms with van der Waals surface area (Å²) in [6.07, 6.45) is 5.64. The summed E-state index contributed by atoms with van der Waals surface area (Å²) in [5.41, 5.74) is 0.713. The molecule has 0 radical (unpaired) electrons. The van der Waals surface area contributed by atoms with E-state index in [4.69, 9.17) is 16.7 Å². The van der Waals surface area contributed by atoms with Crippen LogP contribution in [-0.2, 0) is 0 Å². The Hall–Kier alpha value is -2.94.